The van der Waals surface area contributed by atoms with E-state index < -0.39 is 5.97 Å². The van der Waals surface area contributed by atoms with Gasteiger partial charge >= 0.3 is 11.9 Å². The molecule has 0 saturated heterocycles. The van der Waals surface area contributed by atoms with Gasteiger partial charge in [-0.05, 0) is 16.8 Å². The molecule has 5 nitrogen and oxygen atoms in total. The highest BCUT2D eigenvalue weighted by Crippen LogP contribution is 2.27. The molecule has 0 spiro atoms. The summed E-state index contributed by atoms with van der Waals surface area (Å²) in [6.45, 7) is 0. The van der Waals surface area contributed by atoms with Gasteiger partial charge in [0.15, 0.2) is 0 Å². The van der Waals surface area contributed by atoms with E-state index in [9.17, 15) is 4.79 Å². The van der Waals surface area contributed by atoms with E-state index >= 15 is 0 Å². The lowest BCUT2D eigenvalue weighted by atomic mass is 10.0. The van der Waals surface area contributed by atoms with Crippen molar-refractivity contribution in [3.8, 4) is 11.5 Å². The molecule has 0 unspecified atom stereocenters. The molecular weight excluding hydrogens is 244 g/mol. The standard InChI is InChI=1S/C14H10N2O3/c1-18-14(17)13-16-15-12(19-13)11-8-4-6-9-5-2-3-7-10(9)11/h2-8H,1H3. The quantitative estimate of drug-likeness (QED) is 0.658. The molecule has 0 aliphatic rings. The zero-order valence-corrected chi connectivity index (χ0v) is 10.2. The third-order valence-electron chi connectivity index (χ3n) is 2.81. The van der Waals surface area contributed by atoms with E-state index in [1.54, 1.807) is 0 Å². The first-order chi connectivity index (χ1) is 9.29. The van der Waals surface area contributed by atoms with Gasteiger partial charge in [-0.1, -0.05) is 36.4 Å². The van der Waals surface area contributed by atoms with Crippen LogP contribution >= 0.6 is 0 Å². The number of methoxy groups -OCH3 is 1. The molecule has 0 N–H and O–H groups in total. The highest BCUT2D eigenvalue weighted by atomic mass is 16.5. The maximum Gasteiger partial charge on any atom is 0.396 e. The van der Waals surface area contributed by atoms with Crippen LogP contribution in [0.3, 0.4) is 0 Å². The van der Waals surface area contributed by atoms with Crippen molar-refractivity contribution in [1.82, 2.24) is 10.2 Å². The van der Waals surface area contributed by atoms with Crippen molar-refractivity contribution in [3.63, 3.8) is 0 Å². The summed E-state index contributed by atoms with van der Waals surface area (Å²) in [6.07, 6.45) is 0. The highest BCUT2D eigenvalue weighted by Gasteiger charge is 2.17. The number of esters is 1. The van der Waals surface area contributed by atoms with E-state index in [1.807, 2.05) is 42.5 Å². The molecular formula is C14H10N2O3. The number of aromatic nitrogens is 2. The number of carbonyl (C=O) groups is 1. The summed E-state index contributed by atoms with van der Waals surface area (Å²) in [4.78, 5) is 11.3. The van der Waals surface area contributed by atoms with Crippen LogP contribution in [0, 0.1) is 0 Å². The summed E-state index contributed by atoms with van der Waals surface area (Å²) in [5.74, 6) is -0.485. The van der Waals surface area contributed by atoms with Crippen molar-refractivity contribution in [2.75, 3.05) is 7.11 Å². The second-order valence-electron chi connectivity index (χ2n) is 3.93. The average molecular weight is 254 g/mol. The summed E-state index contributed by atoms with van der Waals surface area (Å²) in [5.41, 5.74) is 0.792. The predicted molar refractivity (Wildman–Crippen MR) is 68.6 cm³/mol. The first-order valence-electron chi connectivity index (χ1n) is 5.69. The van der Waals surface area contributed by atoms with Crippen LogP contribution in [-0.4, -0.2) is 23.3 Å². The third kappa shape index (κ3) is 1.95. The van der Waals surface area contributed by atoms with Gasteiger partial charge in [-0.25, -0.2) is 4.79 Å². The van der Waals surface area contributed by atoms with Crippen molar-refractivity contribution >= 4 is 16.7 Å². The van der Waals surface area contributed by atoms with Gasteiger partial charge in [0.25, 0.3) is 0 Å². The summed E-state index contributed by atoms with van der Waals surface area (Å²) >= 11 is 0. The Bertz CT molecular complexity index is 744. The topological polar surface area (TPSA) is 65.2 Å². The first kappa shape index (κ1) is 11.4. The fourth-order valence-electron chi connectivity index (χ4n) is 1.91. The lowest BCUT2D eigenvalue weighted by Gasteiger charge is -2.01. The molecule has 0 amide bonds. The first-order valence-corrected chi connectivity index (χ1v) is 5.69. The van der Waals surface area contributed by atoms with Gasteiger partial charge in [0.1, 0.15) is 0 Å². The minimum absolute atomic E-state index is 0.148. The van der Waals surface area contributed by atoms with E-state index in [0.29, 0.717) is 5.89 Å². The largest absolute Gasteiger partial charge is 0.462 e. The molecule has 1 aromatic heterocycles. The lowest BCUT2D eigenvalue weighted by Crippen LogP contribution is -2.00. The molecule has 0 aliphatic heterocycles. The Kier molecular flexibility index (Phi) is 2.72. The summed E-state index contributed by atoms with van der Waals surface area (Å²) < 4.78 is 9.87. The Morgan fingerprint density at radius 1 is 1.11 bits per heavy atom. The highest BCUT2D eigenvalue weighted by molar-refractivity contribution is 5.95. The lowest BCUT2D eigenvalue weighted by molar-refractivity contribution is 0.0556. The number of rotatable bonds is 2. The Morgan fingerprint density at radius 3 is 2.74 bits per heavy atom. The predicted octanol–water partition coefficient (Wildman–Crippen LogP) is 2.68. The van der Waals surface area contributed by atoms with E-state index in [2.05, 4.69) is 14.9 Å². The molecule has 0 bridgehead atoms. The van der Waals surface area contributed by atoms with Crippen LogP contribution in [-0.2, 0) is 4.74 Å². The summed E-state index contributed by atoms with van der Waals surface area (Å²) in [6, 6.07) is 13.6. The van der Waals surface area contributed by atoms with Crippen molar-refractivity contribution in [3.05, 3.63) is 48.4 Å². The van der Waals surface area contributed by atoms with E-state index in [-0.39, 0.29) is 5.89 Å². The zero-order chi connectivity index (χ0) is 13.2. The number of hydrogen-bond donors (Lipinski definition) is 0. The molecule has 94 valence electrons. The van der Waals surface area contributed by atoms with Crippen molar-refractivity contribution in [1.29, 1.82) is 0 Å². The van der Waals surface area contributed by atoms with Gasteiger partial charge in [-0.15, -0.1) is 10.2 Å². The Balaban J connectivity index is 2.14. The van der Waals surface area contributed by atoms with Crippen LogP contribution in [0.4, 0.5) is 0 Å². The van der Waals surface area contributed by atoms with Crippen molar-refractivity contribution < 1.29 is 13.9 Å². The Labute approximate surface area is 108 Å². The molecule has 0 atom stereocenters. The Hall–Kier alpha value is -2.69. The van der Waals surface area contributed by atoms with Crippen LogP contribution in [0.15, 0.2) is 46.9 Å². The van der Waals surface area contributed by atoms with Crippen LogP contribution in [0.25, 0.3) is 22.2 Å². The summed E-state index contributed by atoms with van der Waals surface area (Å²) in [5, 5.41) is 9.63. The molecule has 19 heavy (non-hydrogen) atoms. The minimum atomic E-state index is -0.640. The molecule has 2 aromatic carbocycles. The van der Waals surface area contributed by atoms with Crippen LogP contribution in [0.1, 0.15) is 10.7 Å². The van der Waals surface area contributed by atoms with E-state index in [0.717, 1.165) is 16.3 Å². The normalized spacial score (nSPS) is 10.6. The van der Waals surface area contributed by atoms with E-state index in [1.165, 1.54) is 7.11 Å². The Morgan fingerprint density at radius 2 is 1.89 bits per heavy atom. The maximum atomic E-state index is 11.3. The SMILES string of the molecule is COC(=O)c1nnc(-c2cccc3ccccc23)o1. The fourth-order valence-corrected chi connectivity index (χ4v) is 1.91. The number of benzene rings is 2. The van der Waals surface area contributed by atoms with Gasteiger partial charge in [0.2, 0.25) is 5.89 Å². The molecule has 0 radical (unpaired) electrons. The molecule has 5 heteroatoms. The fraction of sp³-hybridized carbons (Fsp3) is 0.0714. The smallest absolute Gasteiger partial charge is 0.396 e. The number of ether oxygens (including phenoxy) is 1. The zero-order valence-electron chi connectivity index (χ0n) is 10.2. The molecule has 0 fully saturated rings. The maximum absolute atomic E-state index is 11.3. The number of nitrogens with zero attached hydrogens (tertiary/aromatic N) is 2. The van der Waals surface area contributed by atoms with Gasteiger partial charge < -0.3 is 9.15 Å². The second-order valence-corrected chi connectivity index (χ2v) is 3.93. The van der Waals surface area contributed by atoms with E-state index in [4.69, 9.17) is 4.42 Å². The van der Waals surface area contributed by atoms with Gasteiger partial charge in [0, 0.05) is 5.56 Å². The molecule has 0 aliphatic carbocycles. The van der Waals surface area contributed by atoms with Crippen molar-refractivity contribution in [2.45, 2.75) is 0 Å². The molecule has 0 saturated carbocycles. The second kappa shape index (κ2) is 4.53. The molecule has 3 aromatic rings. The average Bonchev–Trinajstić information content (AvgIpc) is 2.95. The van der Waals surface area contributed by atoms with Gasteiger partial charge in [-0.2, -0.15) is 0 Å². The van der Waals surface area contributed by atoms with Crippen LogP contribution < -0.4 is 0 Å². The molecule has 3 rings (SSSR count). The van der Waals surface area contributed by atoms with Crippen molar-refractivity contribution in [2.24, 2.45) is 0 Å². The number of hydrogen-bond acceptors (Lipinski definition) is 5. The monoisotopic (exact) mass is 254 g/mol. The number of carbonyl (C=O) groups excluding carboxylic acids is 1. The minimum Gasteiger partial charge on any atom is -0.462 e. The summed E-state index contributed by atoms with van der Waals surface area (Å²) in [7, 11) is 1.27. The van der Waals surface area contributed by atoms with Crippen LogP contribution in [0.5, 0.6) is 0 Å². The van der Waals surface area contributed by atoms with Gasteiger partial charge in [0.05, 0.1) is 7.11 Å². The molecule has 1 heterocycles. The number of fused-ring (bicyclic) bond motifs is 1. The third-order valence-corrected chi connectivity index (χ3v) is 2.81. The van der Waals surface area contributed by atoms with Gasteiger partial charge in [-0.3, -0.25) is 0 Å². The van der Waals surface area contributed by atoms with Crippen LogP contribution in [0.2, 0.25) is 0 Å².